The lowest BCUT2D eigenvalue weighted by molar-refractivity contribution is -0.137. The molecule has 94 valence electrons. The van der Waals surface area contributed by atoms with Crippen LogP contribution >= 0.6 is 0 Å². The zero-order valence-corrected chi connectivity index (χ0v) is 10.5. The Labute approximate surface area is 98.6 Å². The number of carbonyl (C=O) groups is 1. The second-order valence-electron chi connectivity index (χ2n) is 5.27. The fourth-order valence-corrected chi connectivity index (χ4v) is 2.44. The first-order valence-corrected chi connectivity index (χ1v) is 6.54. The Balaban J connectivity index is 2.03. The van der Waals surface area contributed by atoms with Gasteiger partial charge in [0.25, 0.3) is 0 Å². The first-order valence-electron chi connectivity index (χ1n) is 6.54. The van der Waals surface area contributed by atoms with Crippen molar-refractivity contribution in [1.29, 1.82) is 0 Å². The van der Waals surface area contributed by atoms with E-state index in [1.807, 2.05) is 0 Å². The summed E-state index contributed by atoms with van der Waals surface area (Å²) in [6, 6.07) is 0.663. The lowest BCUT2D eigenvalue weighted by Crippen LogP contribution is -2.36. The highest BCUT2D eigenvalue weighted by Gasteiger charge is 2.23. The van der Waals surface area contributed by atoms with Crippen LogP contribution in [0.2, 0.25) is 0 Å². The third-order valence-electron chi connectivity index (χ3n) is 3.85. The number of hydrogen-bond acceptors (Lipinski definition) is 2. The van der Waals surface area contributed by atoms with Crippen LogP contribution in [0.1, 0.15) is 52.4 Å². The van der Waals surface area contributed by atoms with Crippen LogP contribution in [0.25, 0.3) is 0 Å². The van der Waals surface area contributed by atoms with Gasteiger partial charge in [0.2, 0.25) is 0 Å². The van der Waals surface area contributed by atoms with Crippen molar-refractivity contribution in [3.05, 3.63) is 0 Å². The minimum atomic E-state index is -0.680. The summed E-state index contributed by atoms with van der Waals surface area (Å²) in [6.45, 7) is 5.65. The fraction of sp³-hybridized carbons (Fsp3) is 0.923. The first-order chi connectivity index (χ1) is 7.59. The van der Waals surface area contributed by atoms with Crippen molar-refractivity contribution in [1.82, 2.24) is 5.32 Å². The molecule has 0 aromatic rings. The van der Waals surface area contributed by atoms with Gasteiger partial charge in [-0.2, -0.15) is 0 Å². The minimum Gasteiger partial charge on any atom is -0.481 e. The molecule has 1 fully saturated rings. The van der Waals surface area contributed by atoms with Gasteiger partial charge in [0, 0.05) is 12.5 Å². The van der Waals surface area contributed by atoms with Gasteiger partial charge in [-0.15, -0.1) is 0 Å². The molecule has 0 saturated heterocycles. The lowest BCUT2D eigenvalue weighted by atomic mass is 9.79. The van der Waals surface area contributed by atoms with Crippen LogP contribution in [0, 0.1) is 11.8 Å². The van der Waals surface area contributed by atoms with Crippen molar-refractivity contribution in [3.8, 4) is 0 Å². The molecule has 16 heavy (non-hydrogen) atoms. The third kappa shape index (κ3) is 4.97. The number of carboxylic acids is 1. The average molecular weight is 227 g/mol. The van der Waals surface area contributed by atoms with Crippen LogP contribution in [-0.4, -0.2) is 23.7 Å². The van der Waals surface area contributed by atoms with E-state index in [0.717, 1.165) is 31.2 Å². The van der Waals surface area contributed by atoms with Crippen LogP contribution in [0.15, 0.2) is 0 Å². The fourth-order valence-electron chi connectivity index (χ4n) is 2.44. The SMILES string of the molecule is CC1CCC(NCCCCC(=O)O)CC1C. The number of unbranched alkanes of at least 4 members (excludes halogenated alkanes) is 1. The average Bonchev–Trinajstić information content (AvgIpc) is 2.22. The zero-order valence-electron chi connectivity index (χ0n) is 10.5. The summed E-state index contributed by atoms with van der Waals surface area (Å²) < 4.78 is 0. The third-order valence-corrected chi connectivity index (χ3v) is 3.85. The van der Waals surface area contributed by atoms with Crippen LogP contribution < -0.4 is 5.32 Å². The van der Waals surface area contributed by atoms with Gasteiger partial charge in [-0.3, -0.25) is 4.79 Å². The Morgan fingerprint density at radius 3 is 2.62 bits per heavy atom. The summed E-state index contributed by atoms with van der Waals surface area (Å²) in [4.78, 5) is 10.3. The highest BCUT2D eigenvalue weighted by Crippen LogP contribution is 2.29. The number of nitrogens with one attached hydrogen (secondary N) is 1. The predicted molar refractivity (Wildman–Crippen MR) is 65.5 cm³/mol. The zero-order chi connectivity index (χ0) is 12.0. The molecule has 0 spiro atoms. The van der Waals surface area contributed by atoms with Gasteiger partial charge in [0.1, 0.15) is 0 Å². The number of carboxylic acid groups (broad SMARTS) is 1. The molecule has 1 aliphatic carbocycles. The van der Waals surface area contributed by atoms with Crippen molar-refractivity contribution in [3.63, 3.8) is 0 Å². The molecule has 0 aliphatic heterocycles. The molecule has 0 heterocycles. The molecule has 1 saturated carbocycles. The van der Waals surface area contributed by atoms with E-state index >= 15 is 0 Å². The predicted octanol–water partition coefficient (Wildman–Crippen LogP) is 2.66. The normalized spacial score (nSPS) is 30.2. The molecule has 3 unspecified atom stereocenters. The summed E-state index contributed by atoms with van der Waals surface area (Å²) >= 11 is 0. The number of aliphatic carboxylic acids is 1. The van der Waals surface area contributed by atoms with E-state index in [1.54, 1.807) is 0 Å². The summed E-state index contributed by atoms with van der Waals surface area (Å²) in [5.74, 6) is 1.01. The van der Waals surface area contributed by atoms with Crippen LogP contribution in [0.4, 0.5) is 0 Å². The van der Waals surface area contributed by atoms with E-state index in [-0.39, 0.29) is 0 Å². The van der Waals surface area contributed by atoms with E-state index in [0.29, 0.717) is 12.5 Å². The van der Waals surface area contributed by atoms with Crippen LogP contribution in [0.3, 0.4) is 0 Å². The summed E-state index contributed by atoms with van der Waals surface area (Å²) in [5.41, 5.74) is 0. The van der Waals surface area contributed by atoms with Crippen LogP contribution in [0.5, 0.6) is 0 Å². The molecule has 1 rings (SSSR count). The van der Waals surface area contributed by atoms with E-state index in [9.17, 15) is 4.79 Å². The quantitative estimate of drug-likeness (QED) is 0.686. The Morgan fingerprint density at radius 1 is 1.25 bits per heavy atom. The molecule has 3 atom stereocenters. The summed E-state index contributed by atoms with van der Waals surface area (Å²) in [7, 11) is 0. The maximum absolute atomic E-state index is 10.3. The largest absolute Gasteiger partial charge is 0.481 e. The van der Waals surface area contributed by atoms with Gasteiger partial charge in [-0.25, -0.2) is 0 Å². The Hall–Kier alpha value is -0.570. The lowest BCUT2D eigenvalue weighted by Gasteiger charge is -2.32. The van der Waals surface area contributed by atoms with E-state index < -0.39 is 5.97 Å². The Bertz CT molecular complexity index is 218. The molecule has 1 aliphatic rings. The highest BCUT2D eigenvalue weighted by atomic mass is 16.4. The maximum Gasteiger partial charge on any atom is 0.303 e. The minimum absolute atomic E-state index is 0.305. The second-order valence-corrected chi connectivity index (χ2v) is 5.27. The molecule has 3 heteroatoms. The summed E-state index contributed by atoms with van der Waals surface area (Å²) in [6.07, 6.45) is 5.96. The molecule has 2 N–H and O–H groups in total. The van der Waals surface area contributed by atoms with Gasteiger partial charge >= 0.3 is 5.97 Å². The molecule has 0 bridgehead atoms. The Morgan fingerprint density at radius 2 is 2.00 bits per heavy atom. The van der Waals surface area contributed by atoms with Crippen molar-refractivity contribution >= 4 is 5.97 Å². The molecular formula is C13H25NO2. The Kier molecular flexibility index (Phi) is 5.81. The van der Waals surface area contributed by atoms with Crippen molar-refractivity contribution in [2.75, 3.05) is 6.54 Å². The standard InChI is InChI=1S/C13H25NO2/c1-10-6-7-12(9-11(10)2)14-8-4-3-5-13(15)16/h10-12,14H,3-9H2,1-2H3,(H,15,16). The first kappa shape index (κ1) is 13.5. The highest BCUT2D eigenvalue weighted by molar-refractivity contribution is 5.66. The van der Waals surface area contributed by atoms with E-state index in [4.69, 9.17) is 5.11 Å². The molecule has 3 nitrogen and oxygen atoms in total. The monoisotopic (exact) mass is 227 g/mol. The topological polar surface area (TPSA) is 49.3 Å². The van der Waals surface area contributed by atoms with E-state index in [2.05, 4.69) is 19.2 Å². The number of rotatable bonds is 6. The van der Waals surface area contributed by atoms with Crippen molar-refractivity contribution in [2.45, 2.75) is 58.4 Å². The van der Waals surface area contributed by atoms with Gasteiger partial charge in [-0.05, 0) is 50.5 Å². The van der Waals surface area contributed by atoms with Crippen molar-refractivity contribution in [2.24, 2.45) is 11.8 Å². The van der Waals surface area contributed by atoms with Gasteiger partial charge in [0.05, 0.1) is 0 Å². The van der Waals surface area contributed by atoms with E-state index in [1.165, 1.54) is 19.3 Å². The maximum atomic E-state index is 10.3. The van der Waals surface area contributed by atoms with Gasteiger partial charge in [0.15, 0.2) is 0 Å². The smallest absolute Gasteiger partial charge is 0.303 e. The molecular weight excluding hydrogens is 202 g/mol. The number of hydrogen-bond donors (Lipinski definition) is 2. The van der Waals surface area contributed by atoms with Crippen LogP contribution in [-0.2, 0) is 4.79 Å². The molecule has 0 amide bonds. The molecule has 0 radical (unpaired) electrons. The molecule has 0 aromatic heterocycles. The second kappa shape index (κ2) is 6.89. The van der Waals surface area contributed by atoms with Crippen molar-refractivity contribution < 1.29 is 9.90 Å². The van der Waals surface area contributed by atoms with Gasteiger partial charge < -0.3 is 10.4 Å². The van der Waals surface area contributed by atoms with Gasteiger partial charge in [-0.1, -0.05) is 13.8 Å². The summed E-state index contributed by atoms with van der Waals surface area (Å²) in [5, 5.41) is 12.1. The molecule has 0 aromatic carbocycles.